The zero-order valence-electron chi connectivity index (χ0n) is 12.1. The zero-order valence-corrected chi connectivity index (χ0v) is 12.1. The number of nitrogens with zero attached hydrogens (tertiary/aromatic N) is 1. The minimum absolute atomic E-state index is 0.160. The van der Waals surface area contributed by atoms with E-state index in [4.69, 9.17) is 4.74 Å². The third-order valence-electron chi connectivity index (χ3n) is 4.28. The molecule has 1 unspecified atom stereocenters. The highest BCUT2D eigenvalue weighted by Gasteiger charge is 2.35. The number of likely N-dealkylation sites (tertiary alicyclic amines) is 1. The van der Waals surface area contributed by atoms with E-state index in [9.17, 15) is 9.59 Å². The summed E-state index contributed by atoms with van der Waals surface area (Å²) >= 11 is 0. The Hall–Kier alpha value is -0.900. The van der Waals surface area contributed by atoms with Gasteiger partial charge in [-0.1, -0.05) is 0 Å². The molecule has 19 heavy (non-hydrogen) atoms. The standard InChI is InChI=1S/C15H25NO3/c1-3-19-14-8-12(9-14)10-15(18)16-6-4-5-13(16)7-11(2)17/h12-14H,3-10H2,1-2H3. The van der Waals surface area contributed by atoms with Crippen molar-refractivity contribution in [3.05, 3.63) is 0 Å². The van der Waals surface area contributed by atoms with Crippen LogP contribution >= 0.6 is 0 Å². The fourth-order valence-electron chi connectivity index (χ4n) is 3.29. The summed E-state index contributed by atoms with van der Waals surface area (Å²) < 4.78 is 5.52. The molecule has 1 amide bonds. The third-order valence-corrected chi connectivity index (χ3v) is 4.28. The molecule has 1 saturated carbocycles. The minimum Gasteiger partial charge on any atom is -0.378 e. The summed E-state index contributed by atoms with van der Waals surface area (Å²) in [6, 6.07) is 0.160. The number of hydrogen-bond donors (Lipinski definition) is 0. The molecular weight excluding hydrogens is 242 g/mol. The van der Waals surface area contributed by atoms with Crippen molar-refractivity contribution in [1.82, 2.24) is 4.90 Å². The molecule has 108 valence electrons. The van der Waals surface area contributed by atoms with Crippen molar-refractivity contribution >= 4 is 11.7 Å². The van der Waals surface area contributed by atoms with Gasteiger partial charge in [-0.25, -0.2) is 0 Å². The number of ketones is 1. The zero-order chi connectivity index (χ0) is 13.8. The van der Waals surface area contributed by atoms with Crippen molar-refractivity contribution in [3.8, 4) is 0 Å². The van der Waals surface area contributed by atoms with E-state index in [1.807, 2.05) is 11.8 Å². The summed E-state index contributed by atoms with van der Waals surface area (Å²) in [6.07, 6.45) is 5.59. The predicted molar refractivity (Wildman–Crippen MR) is 72.8 cm³/mol. The first-order valence-electron chi connectivity index (χ1n) is 7.50. The van der Waals surface area contributed by atoms with Gasteiger partial charge < -0.3 is 9.64 Å². The maximum absolute atomic E-state index is 12.3. The third kappa shape index (κ3) is 3.78. The van der Waals surface area contributed by atoms with Crippen LogP contribution in [0.2, 0.25) is 0 Å². The van der Waals surface area contributed by atoms with E-state index in [-0.39, 0.29) is 17.7 Å². The number of rotatable bonds is 6. The Morgan fingerprint density at radius 3 is 2.63 bits per heavy atom. The number of ether oxygens (including phenoxy) is 1. The lowest BCUT2D eigenvalue weighted by atomic mass is 9.79. The van der Waals surface area contributed by atoms with Crippen LogP contribution in [0, 0.1) is 5.92 Å². The normalized spacial score (nSPS) is 30.2. The number of hydrogen-bond acceptors (Lipinski definition) is 3. The van der Waals surface area contributed by atoms with Crippen LogP contribution < -0.4 is 0 Å². The predicted octanol–water partition coefficient (Wildman–Crippen LogP) is 2.16. The average Bonchev–Trinajstić information content (AvgIpc) is 2.73. The van der Waals surface area contributed by atoms with Crippen molar-refractivity contribution in [2.45, 2.75) is 64.5 Å². The molecule has 2 aliphatic rings. The summed E-state index contributed by atoms with van der Waals surface area (Å²) in [5.74, 6) is 0.913. The molecule has 0 radical (unpaired) electrons. The highest BCUT2D eigenvalue weighted by Crippen LogP contribution is 2.34. The van der Waals surface area contributed by atoms with Crippen LogP contribution in [0.1, 0.15) is 52.4 Å². The van der Waals surface area contributed by atoms with E-state index in [2.05, 4.69) is 0 Å². The molecule has 1 aliphatic heterocycles. The van der Waals surface area contributed by atoms with Gasteiger partial charge in [0.1, 0.15) is 5.78 Å². The molecule has 2 rings (SSSR count). The van der Waals surface area contributed by atoms with Crippen LogP contribution in [-0.4, -0.2) is 41.9 Å². The first-order chi connectivity index (χ1) is 9.10. The largest absolute Gasteiger partial charge is 0.378 e. The molecular formula is C15H25NO3. The van der Waals surface area contributed by atoms with E-state index in [0.29, 0.717) is 24.9 Å². The van der Waals surface area contributed by atoms with Gasteiger partial charge in [-0.3, -0.25) is 9.59 Å². The fourth-order valence-corrected chi connectivity index (χ4v) is 3.29. The fraction of sp³-hybridized carbons (Fsp3) is 0.867. The van der Waals surface area contributed by atoms with Gasteiger partial charge in [0.2, 0.25) is 5.91 Å². The molecule has 1 saturated heterocycles. The average molecular weight is 267 g/mol. The maximum atomic E-state index is 12.3. The molecule has 0 spiro atoms. The highest BCUT2D eigenvalue weighted by molar-refractivity contribution is 5.80. The molecule has 0 aromatic carbocycles. The van der Waals surface area contributed by atoms with Gasteiger partial charge in [0.05, 0.1) is 6.10 Å². The van der Waals surface area contributed by atoms with Gasteiger partial charge in [-0.2, -0.15) is 0 Å². The lowest BCUT2D eigenvalue weighted by Crippen LogP contribution is -2.40. The molecule has 1 aliphatic carbocycles. The Balaban J connectivity index is 1.75. The summed E-state index contributed by atoms with van der Waals surface area (Å²) in [6.45, 7) is 5.21. The van der Waals surface area contributed by atoms with Gasteiger partial charge in [-0.05, 0) is 45.4 Å². The summed E-state index contributed by atoms with van der Waals surface area (Å²) in [4.78, 5) is 25.4. The van der Waals surface area contributed by atoms with Gasteiger partial charge >= 0.3 is 0 Å². The Morgan fingerprint density at radius 1 is 1.26 bits per heavy atom. The van der Waals surface area contributed by atoms with Gasteiger partial charge in [0.15, 0.2) is 0 Å². The van der Waals surface area contributed by atoms with Gasteiger partial charge in [0, 0.05) is 32.0 Å². The maximum Gasteiger partial charge on any atom is 0.223 e. The van der Waals surface area contributed by atoms with Gasteiger partial charge in [0.25, 0.3) is 0 Å². The Kier molecular flexibility index (Phi) is 4.97. The smallest absolute Gasteiger partial charge is 0.223 e. The van der Waals surface area contributed by atoms with Crippen LogP contribution in [-0.2, 0) is 14.3 Å². The molecule has 1 heterocycles. The van der Waals surface area contributed by atoms with E-state index < -0.39 is 0 Å². The van der Waals surface area contributed by atoms with E-state index >= 15 is 0 Å². The van der Waals surface area contributed by atoms with Crippen molar-refractivity contribution < 1.29 is 14.3 Å². The highest BCUT2D eigenvalue weighted by atomic mass is 16.5. The molecule has 0 aromatic heterocycles. The summed E-state index contributed by atoms with van der Waals surface area (Å²) in [5.41, 5.74) is 0. The van der Waals surface area contributed by atoms with E-state index in [0.717, 1.165) is 38.8 Å². The van der Waals surface area contributed by atoms with Crippen molar-refractivity contribution in [3.63, 3.8) is 0 Å². The first kappa shape index (κ1) is 14.5. The lowest BCUT2D eigenvalue weighted by Gasteiger charge is -2.36. The first-order valence-corrected chi connectivity index (χ1v) is 7.50. The second-order valence-corrected chi connectivity index (χ2v) is 5.91. The second-order valence-electron chi connectivity index (χ2n) is 5.91. The Labute approximate surface area is 115 Å². The lowest BCUT2D eigenvalue weighted by molar-refractivity contribution is -0.135. The van der Waals surface area contributed by atoms with Crippen LogP contribution in [0.3, 0.4) is 0 Å². The molecule has 0 aromatic rings. The Morgan fingerprint density at radius 2 is 2.00 bits per heavy atom. The van der Waals surface area contributed by atoms with Crippen LogP contribution in [0.4, 0.5) is 0 Å². The summed E-state index contributed by atoms with van der Waals surface area (Å²) in [7, 11) is 0. The molecule has 2 fully saturated rings. The SMILES string of the molecule is CCOC1CC(CC(=O)N2CCCC2CC(C)=O)C1. The van der Waals surface area contributed by atoms with Crippen molar-refractivity contribution in [2.75, 3.05) is 13.2 Å². The van der Waals surface area contributed by atoms with Crippen LogP contribution in [0.5, 0.6) is 0 Å². The number of carbonyl (C=O) groups excluding carboxylic acids is 2. The number of Topliss-reactive ketones (excluding diaryl/α,β-unsaturated/α-hetero) is 1. The number of amides is 1. The minimum atomic E-state index is 0.160. The molecule has 4 heteroatoms. The molecule has 0 bridgehead atoms. The summed E-state index contributed by atoms with van der Waals surface area (Å²) in [5, 5.41) is 0. The van der Waals surface area contributed by atoms with Crippen molar-refractivity contribution in [1.29, 1.82) is 0 Å². The molecule has 1 atom stereocenters. The molecule has 4 nitrogen and oxygen atoms in total. The van der Waals surface area contributed by atoms with Gasteiger partial charge in [-0.15, -0.1) is 0 Å². The van der Waals surface area contributed by atoms with Crippen molar-refractivity contribution in [2.24, 2.45) is 5.92 Å². The van der Waals surface area contributed by atoms with Crippen LogP contribution in [0.15, 0.2) is 0 Å². The Bertz CT molecular complexity index is 336. The quantitative estimate of drug-likeness (QED) is 0.741. The topological polar surface area (TPSA) is 46.6 Å². The molecule has 0 N–H and O–H groups in total. The van der Waals surface area contributed by atoms with E-state index in [1.165, 1.54) is 0 Å². The second kappa shape index (κ2) is 6.51. The monoisotopic (exact) mass is 267 g/mol. The van der Waals surface area contributed by atoms with E-state index in [1.54, 1.807) is 6.92 Å². The van der Waals surface area contributed by atoms with Crippen LogP contribution in [0.25, 0.3) is 0 Å². The number of carbonyl (C=O) groups is 2.